The molecule has 0 bridgehead atoms. The van der Waals surface area contributed by atoms with Gasteiger partial charge in [-0.2, -0.15) is 0 Å². The number of hydrogen-bond acceptors (Lipinski definition) is 1. The maximum atomic E-state index is 13.0. The molecular weight excluding hydrogens is 344 g/mol. The van der Waals surface area contributed by atoms with Gasteiger partial charge in [0.1, 0.15) is 0 Å². The molecule has 0 atom stereocenters. The summed E-state index contributed by atoms with van der Waals surface area (Å²) in [6, 6.07) is 17.4. The molecule has 0 radical (unpaired) electrons. The van der Waals surface area contributed by atoms with Gasteiger partial charge in [0.25, 0.3) is 0 Å². The largest absolute Gasteiger partial charge is 0.294 e. The molecule has 0 N–H and O–H groups in total. The summed E-state index contributed by atoms with van der Waals surface area (Å²) in [5.74, 6) is 0.199. The lowest BCUT2D eigenvalue weighted by atomic mass is 9.98. The molecule has 0 fully saturated rings. The molecule has 0 saturated heterocycles. The van der Waals surface area contributed by atoms with Crippen molar-refractivity contribution in [1.29, 1.82) is 0 Å². The quantitative estimate of drug-likeness (QED) is 0.264. The third-order valence-corrected chi connectivity index (χ3v) is 13.7. The fourth-order valence-electron chi connectivity index (χ4n) is 5.69. The van der Waals surface area contributed by atoms with Crippen molar-refractivity contribution < 1.29 is 4.79 Å². The van der Waals surface area contributed by atoms with Gasteiger partial charge in [-0.05, 0) is 62.4 Å². The standard InChI is InChI=1S/C25H32OSi/c1-16(2)27(17(3)4,18(5)6)24-13-12-22-14-20-10-8-9-11-21(20)15-23(22)25(24)19(7)26/h8-18H,1-7H3. The minimum atomic E-state index is -1.92. The van der Waals surface area contributed by atoms with E-state index in [1.165, 1.54) is 21.3 Å². The van der Waals surface area contributed by atoms with Crippen molar-refractivity contribution in [3.05, 3.63) is 54.1 Å². The van der Waals surface area contributed by atoms with Crippen molar-refractivity contribution >= 4 is 40.6 Å². The first kappa shape index (κ1) is 19.8. The molecule has 0 amide bonds. The van der Waals surface area contributed by atoms with E-state index in [2.05, 4.69) is 90.1 Å². The monoisotopic (exact) mass is 376 g/mol. The Morgan fingerprint density at radius 3 is 1.74 bits per heavy atom. The smallest absolute Gasteiger partial charge is 0.160 e. The highest BCUT2D eigenvalue weighted by Gasteiger charge is 2.46. The number of carbonyl (C=O) groups is 1. The molecule has 3 rings (SSSR count). The summed E-state index contributed by atoms with van der Waals surface area (Å²) in [7, 11) is -1.92. The van der Waals surface area contributed by atoms with Crippen molar-refractivity contribution in [3.8, 4) is 0 Å². The molecule has 3 aromatic rings. The SMILES string of the molecule is CC(=O)c1c([Si](C(C)C)(C(C)C)C(C)C)ccc2cc3ccccc3cc12. The Labute approximate surface area is 164 Å². The number of benzene rings is 3. The van der Waals surface area contributed by atoms with E-state index in [1.54, 1.807) is 6.92 Å². The van der Waals surface area contributed by atoms with Crippen molar-refractivity contribution in [3.63, 3.8) is 0 Å². The first-order chi connectivity index (χ1) is 12.7. The molecule has 2 heteroatoms. The molecule has 0 unspecified atom stereocenters. The number of carbonyl (C=O) groups excluding carboxylic acids is 1. The Morgan fingerprint density at radius 2 is 1.26 bits per heavy atom. The van der Waals surface area contributed by atoms with E-state index in [4.69, 9.17) is 0 Å². The van der Waals surface area contributed by atoms with Crippen LogP contribution < -0.4 is 5.19 Å². The van der Waals surface area contributed by atoms with E-state index in [0.717, 1.165) is 10.9 Å². The summed E-state index contributed by atoms with van der Waals surface area (Å²) in [4.78, 5) is 13.0. The van der Waals surface area contributed by atoms with Gasteiger partial charge in [0.15, 0.2) is 5.78 Å². The van der Waals surface area contributed by atoms with Gasteiger partial charge in [0, 0.05) is 5.56 Å². The van der Waals surface area contributed by atoms with Crippen molar-refractivity contribution in [1.82, 2.24) is 0 Å². The Bertz CT molecular complexity index is 976. The number of fused-ring (bicyclic) bond motifs is 2. The van der Waals surface area contributed by atoms with Gasteiger partial charge in [-0.3, -0.25) is 4.79 Å². The average Bonchev–Trinajstić information content (AvgIpc) is 2.58. The van der Waals surface area contributed by atoms with Crippen LogP contribution in [0, 0.1) is 0 Å². The van der Waals surface area contributed by atoms with Crippen molar-refractivity contribution in [2.75, 3.05) is 0 Å². The molecule has 0 aliphatic rings. The second-order valence-electron chi connectivity index (χ2n) is 8.86. The molecule has 0 aromatic heterocycles. The van der Waals surface area contributed by atoms with Gasteiger partial charge in [0.2, 0.25) is 0 Å². The second-order valence-corrected chi connectivity index (χ2v) is 14.7. The minimum absolute atomic E-state index is 0.199. The fraction of sp³-hybridized carbons (Fsp3) is 0.400. The summed E-state index contributed by atoms with van der Waals surface area (Å²) < 4.78 is 0. The van der Waals surface area contributed by atoms with Crippen LogP contribution in [0.5, 0.6) is 0 Å². The normalized spacial score (nSPS) is 12.7. The number of hydrogen-bond donors (Lipinski definition) is 0. The third kappa shape index (κ3) is 3.04. The highest BCUT2D eigenvalue weighted by atomic mass is 28.3. The van der Waals surface area contributed by atoms with E-state index < -0.39 is 8.07 Å². The molecule has 0 saturated carbocycles. The lowest BCUT2D eigenvalue weighted by Gasteiger charge is -2.44. The van der Waals surface area contributed by atoms with Crippen LogP contribution in [0.1, 0.15) is 58.8 Å². The molecule has 0 spiro atoms. The maximum absolute atomic E-state index is 13.0. The molecule has 3 aromatic carbocycles. The number of Topliss-reactive ketones (excluding diaryl/α,β-unsaturated/α-hetero) is 1. The molecule has 27 heavy (non-hydrogen) atoms. The van der Waals surface area contributed by atoms with Crippen LogP contribution >= 0.6 is 0 Å². The molecule has 0 heterocycles. The van der Waals surface area contributed by atoms with Crippen LogP contribution in [0.4, 0.5) is 0 Å². The van der Waals surface area contributed by atoms with Crippen LogP contribution in [0.25, 0.3) is 21.5 Å². The predicted molar refractivity (Wildman–Crippen MR) is 122 cm³/mol. The summed E-state index contributed by atoms with van der Waals surface area (Å²) >= 11 is 0. The maximum Gasteiger partial charge on any atom is 0.160 e. The zero-order chi connectivity index (χ0) is 19.9. The van der Waals surface area contributed by atoms with Crippen LogP contribution in [0.3, 0.4) is 0 Å². The fourth-order valence-corrected chi connectivity index (χ4v) is 12.7. The average molecular weight is 377 g/mol. The van der Waals surface area contributed by atoms with Crippen molar-refractivity contribution in [2.24, 2.45) is 0 Å². The Kier molecular flexibility index (Phi) is 5.31. The van der Waals surface area contributed by atoms with Crippen molar-refractivity contribution in [2.45, 2.75) is 65.1 Å². The number of rotatable bonds is 5. The van der Waals surface area contributed by atoms with Gasteiger partial charge in [0.05, 0.1) is 8.07 Å². The number of ketones is 1. The van der Waals surface area contributed by atoms with Crippen LogP contribution in [0.15, 0.2) is 48.5 Å². The molecule has 1 nitrogen and oxygen atoms in total. The highest BCUT2D eigenvalue weighted by molar-refractivity contribution is 6.95. The molecule has 142 valence electrons. The summed E-state index contributed by atoms with van der Waals surface area (Å²) in [5, 5.41) is 6.08. The summed E-state index contributed by atoms with van der Waals surface area (Å²) in [6.45, 7) is 15.9. The second kappa shape index (κ2) is 7.24. The zero-order valence-electron chi connectivity index (χ0n) is 17.8. The van der Waals surface area contributed by atoms with Gasteiger partial charge < -0.3 is 0 Å². The summed E-state index contributed by atoms with van der Waals surface area (Å²) in [5.41, 5.74) is 2.71. The lowest BCUT2D eigenvalue weighted by Crippen LogP contribution is -2.57. The van der Waals surface area contributed by atoms with Gasteiger partial charge in [-0.15, -0.1) is 0 Å². The Balaban J connectivity index is 2.47. The lowest BCUT2D eigenvalue weighted by molar-refractivity contribution is 0.102. The minimum Gasteiger partial charge on any atom is -0.294 e. The van der Waals surface area contributed by atoms with E-state index >= 15 is 0 Å². The van der Waals surface area contributed by atoms with E-state index in [1.807, 2.05) is 0 Å². The van der Waals surface area contributed by atoms with Gasteiger partial charge >= 0.3 is 0 Å². The first-order valence-electron chi connectivity index (χ1n) is 10.2. The molecular formula is C25H32OSi. The van der Waals surface area contributed by atoms with E-state index in [0.29, 0.717) is 16.6 Å². The van der Waals surface area contributed by atoms with E-state index in [9.17, 15) is 4.79 Å². The molecule has 0 aliphatic heterocycles. The van der Waals surface area contributed by atoms with Crippen LogP contribution in [0.2, 0.25) is 16.6 Å². The van der Waals surface area contributed by atoms with Crippen LogP contribution in [-0.2, 0) is 0 Å². The molecule has 0 aliphatic carbocycles. The third-order valence-electron chi connectivity index (χ3n) is 6.57. The van der Waals surface area contributed by atoms with Gasteiger partial charge in [-0.1, -0.05) is 77.9 Å². The first-order valence-corrected chi connectivity index (χ1v) is 12.4. The Hall–Kier alpha value is -1.93. The highest BCUT2D eigenvalue weighted by Crippen LogP contribution is 2.42. The predicted octanol–water partition coefficient (Wildman–Crippen LogP) is 7.08. The van der Waals surface area contributed by atoms with Gasteiger partial charge in [-0.25, -0.2) is 0 Å². The van der Waals surface area contributed by atoms with E-state index in [-0.39, 0.29) is 5.78 Å². The topological polar surface area (TPSA) is 17.1 Å². The Morgan fingerprint density at radius 1 is 0.741 bits per heavy atom. The zero-order valence-corrected chi connectivity index (χ0v) is 18.8. The van der Waals surface area contributed by atoms with Crippen LogP contribution in [-0.4, -0.2) is 13.9 Å². The summed E-state index contributed by atoms with van der Waals surface area (Å²) in [6.07, 6.45) is 0.